The molecule has 1 fully saturated rings. The average Bonchev–Trinajstić information content (AvgIpc) is 2.91. The number of fused-ring (bicyclic) bond motifs is 1. The molecule has 4 nitrogen and oxygen atoms in total. The van der Waals surface area contributed by atoms with Gasteiger partial charge in [-0.1, -0.05) is 47.5 Å². The van der Waals surface area contributed by atoms with E-state index in [9.17, 15) is 18.0 Å². The molecule has 3 aromatic carbocycles. The number of nitrogens with zero attached hydrogens (tertiary/aromatic N) is 2. The van der Waals surface area contributed by atoms with Crippen LogP contribution in [0.15, 0.2) is 79.0 Å². The molecule has 2 heterocycles. The lowest BCUT2D eigenvalue weighted by molar-refractivity contribution is -0.137. The summed E-state index contributed by atoms with van der Waals surface area (Å²) in [5, 5.41) is 4.79. The van der Waals surface area contributed by atoms with Gasteiger partial charge in [-0.05, 0) is 80.6 Å². The van der Waals surface area contributed by atoms with E-state index in [1.54, 1.807) is 0 Å². The van der Waals surface area contributed by atoms with Crippen molar-refractivity contribution < 1.29 is 18.0 Å². The van der Waals surface area contributed by atoms with Crippen LogP contribution in [0.5, 0.6) is 0 Å². The number of pyridine rings is 1. The van der Waals surface area contributed by atoms with Gasteiger partial charge in [0.1, 0.15) is 0 Å². The number of aryl methyl sites for hydroxylation is 2. The number of piperidine rings is 1. The predicted molar refractivity (Wildman–Crippen MR) is 147 cm³/mol. The summed E-state index contributed by atoms with van der Waals surface area (Å²) < 4.78 is 39.3. The molecule has 1 N–H and O–H groups in total. The Morgan fingerprint density at radius 2 is 1.72 bits per heavy atom. The molecular formula is C32H32F3N3O. The number of para-hydroxylation sites is 1. The molecule has 0 radical (unpaired) electrons. The van der Waals surface area contributed by atoms with E-state index in [0.717, 1.165) is 51.7 Å². The lowest BCUT2D eigenvalue weighted by Gasteiger charge is -2.40. The molecule has 0 unspecified atom stereocenters. The zero-order valence-electron chi connectivity index (χ0n) is 22.1. The summed E-state index contributed by atoms with van der Waals surface area (Å²) in [6.45, 7) is 5.20. The Morgan fingerprint density at radius 1 is 1.00 bits per heavy atom. The molecule has 1 aliphatic heterocycles. The third-order valence-electron chi connectivity index (χ3n) is 7.52. The van der Waals surface area contributed by atoms with Gasteiger partial charge in [0.2, 0.25) is 0 Å². The molecule has 1 saturated heterocycles. The number of rotatable bonds is 6. The van der Waals surface area contributed by atoms with Gasteiger partial charge in [0.15, 0.2) is 0 Å². The summed E-state index contributed by atoms with van der Waals surface area (Å²) in [6, 6.07) is 21.2. The van der Waals surface area contributed by atoms with E-state index in [4.69, 9.17) is 0 Å². The van der Waals surface area contributed by atoms with Crippen LogP contribution in [-0.2, 0) is 19.1 Å². The minimum Gasteiger partial charge on any atom is -0.335 e. The highest BCUT2D eigenvalue weighted by atomic mass is 19.4. The van der Waals surface area contributed by atoms with Crippen molar-refractivity contribution in [3.63, 3.8) is 0 Å². The SMILES string of the molecule is Cc1cc(C)cc(C(=O)N2CC[C@H](NCc3ccnc4ccccc34)C[C@H]2Cc2ccc(C(F)(F)F)cc2)c1. The van der Waals surface area contributed by atoms with Gasteiger partial charge in [-0.25, -0.2) is 0 Å². The van der Waals surface area contributed by atoms with E-state index >= 15 is 0 Å². The lowest BCUT2D eigenvalue weighted by Crippen LogP contribution is -2.51. The maximum Gasteiger partial charge on any atom is 0.416 e. The van der Waals surface area contributed by atoms with E-state index in [1.807, 2.05) is 67.4 Å². The highest BCUT2D eigenvalue weighted by molar-refractivity contribution is 5.95. The largest absolute Gasteiger partial charge is 0.416 e. The highest BCUT2D eigenvalue weighted by Gasteiger charge is 2.33. The standard InChI is InChI=1S/C32H32F3N3O/c1-21-15-22(2)17-25(16-21)31(39)38-14-12-27(37-20-24-11-13-36-30-6-4-3-5-29(24)30)19-28(38)18-23-7-9-26(10-8-23)32(33,34)35/h3-11,13,15-17,27-28,37H,12,14,18-20H2,1-2H3/t27-,28+/m0/s1. The van der Waals surface area contributed by atoms with Gasteiger partial charge in [0.05, 0.1) is 11.1 Å². The zero-order chi connectivity index (χ0) is 27.6. The van der Waals surface area contributed by atoms with Crippen LogP contribution in [0.3, 0.4) is 0 Å². The minimum absolute atomic E-state index is 0.0303. The van der Waals surface area contributed by atoms with Gasteiger partial charge in [-0.15, -0.1) is 0 Å². The lowest BCUT2D eigenvalue weighted by atomic mass is 9.90. The molecule has 7 heteroatoms. The Kier molecular flexibility index (Phi) is 7.71. The molecule has 202 valence electrons. The molecule has 2 atom stereocenters. The molecular weight excluding hydrogens is 499 g/mol. The first-order valence-electron chi connectivity index (χ1n) is 13.3. The summed E-state index contributed by atoms with van der Waals surface area (Å²) in [6.07, 6.45) is -0.562. The zero-order valence-corrected chi connectivity index (χ0v) is 22.1. The Morgan fingerprint density at radius 3 is 2.44 bits per heavy atom. The number of nitrogens with one attached hydrogen (secondary N) is 1. The molecule has 0 saturated carbocycles. The second-order valence-electron chi connectivity index (χ2n) is 10.5. The fourth-order valence-electron chi connectivity index (χ4n) is 5.63. The number of aromatic nitrogens is 1. The fraction of sp³-hybridized carbons (Fsp3) is 0.312. The molecule has 0 spiro atoms. The van der Waals surface area contributed by atoms with Crippen molar-refractivity contribution >= 4 is 16.8 Å². The smallest absolute Gasteiger partial charge is 0.335 e. The van der Waals surface area contributed by atoms with Crippen molar-refractivity contribution in [3.8, 4) is 0 Å². The number of likely N-dealkylation sites (tertiary alicyclic amines) is 1. The fourth-order valence-corrected chi connectivity index (χ4v) is 5.63. The maximum atomic E-state index is 13.7. The van der Waals surface area contributed by atoms with Crippen LogP contribution in [0.1, 0.15) is 51.0 Å². The van der Waals surface area contributed by atoms with E-state index in [0.29, 0.717) is 31.5 Å². The number of hydrogen-bond acceptors (Lipinski definition) is 3. The van der Waals surface area contributed by atoms with E-state index < -0.39 is 11.7 Å². The van der Waals surface area contributed by atoms with E-state index in [-0.39, 0.29) is 18.0 Å². The summed E-state index contributed by atoms with van der Waals surface area (Å²) >= 11 is 0. The molecule has 5 rings (SSSR count). The number of hydrogen-bond donors (Lipinski definition) is 1. The van der Waals surface area contributed by atoms with Crippen LogP contribution in [-0.4, -0.2) is 34.4 Å². The first-order valence-corrected chi connectivity index (χ1v) is 13.3. The van der Waals surface area contributed by atoms with Gasteiger partial charge in [-0.2, -0.15) is 13.2 Å². The molecule has 0 aliphatic carbocycles. The molecule has 1 amide bonds. The van der Waals surface area contributed by atoms with Gasteiger partial charge >= 0.3 is 6.18 Å². The third kappa shape index (κ3) is 6.31. The summed E-state index contributed by atoms with van der Waals surface area (Å²) in [4.78, 5) is 20.0. The van der Waals surface area contributed by atoms with Crippen molar-refractivity contribution in [1.82, 2.24) is 15.2 Å². The highest BCUT2D eigenvalue weighted by Crippen LogP contribution is 2.30. The number of benzene rings is 3. The van der Waals surface area contributed by atoms with E-state index in [2.05, 4.69) is 16.4 Å². The first-order chi connectivity index (χ1) is 18.7. The second kappa shape index (κ2) is 11.2. The molecule has 4 aromatic rings. The van der Waals surface area contributed by atoms with Gasteiger partial charge in [-0.3, -0.25) is 9.78 Å². The average molecular weight is 532 g/mol. The number of amides is 1. The molecule has 0 bridgehead atoms. The van der Waals surface area contributed by atoms with Crippen LogP contribution in [0.4, 0.5) is 13.2 Å². The van der Waals surface area contributed by atoms with Crippen LogP contribution in [0.2, 0.25) is 0 Å². The van der Waals surface area contributed by atoms with E-state index in [1.165, 1.54) is 12.1 Å². The summed E-state index contributed by atoms with van der Waals surface area (Å²) in [5.41, 5.74) is 4.94. The topological polar surface area (TPSA) is 45.2 Å². The number of carbonyl (C=O) groups is 1. The van der Waals surface area contributed by atoms with Crippen molar-refractivity contribution in [2.24, 2.45) is 0 Å². The Labute approximate surface area is 226 Å². The van der Waals surface area contributed by atoms with Crippen LogP contribution >= 0.6 is 0 Å². The van der Waals surface area contributed by atoms with Crippen molar-refractivity contribution in [2.75, 3.05) is 6.54 Å². The molecule has 1 aromatic heterocycles. The third-order valence-corrected chi connectivity index (χ3v) is 7.52. The predicted octanol–water partition coefficient (Wildman–Crippen LogP) is 6.88. The van der Waals surface area contributed by atoms with Crippen LogP contribution in [0.25, 0.3) is 10.9 Å². The molecule has 39 heavy (non-hydrogen) atoms. The van der Waals surface area contributed by atoms with Gasteiger partial charge < -0.3 is 10.2 Å². The Hall–Kier alpha value is -3.71. The normalized spacial score (nSPS) is 17.9. The quantitative estimate of drug-likeness (QED) is 0.295. The van der Waals surface area contributed by atoms with Gasteiger partial charge in [0, 0.05) is 42.3 Å². The minimum atomic E-state index is -4.37. The summed E-state index contributed by atoms with van der Waals surface area (Å²) in [7, 11) is 0. The van der Waals surface area contributed by atoms with Crippen molar-refractivity contribution in [3.05, 3.63) is 112 Å². The first kappa shape index (κ1) is 26.9. The summed E-state index contributed by atoms with van der Waals surface area (Å²) in [5.74, 6) is -0.0303. The molecule has 1 aliphatic rings. The second-order valence-corrected chi connectivity index (χ2v) is 10.5. The Bertz CT molecular complexity index is 1440. The van der Waals surface area contributed by atoms with Crippen molar-refractivity contribution in [1.29, 1.82) is 0 Å². The number of carbonyl (C=O) groups excluding carboxylic acids is 1. The van der Waals surface area contributed by atoms with Crippen molar-refractivity contribution in [2.45, 2.75) is 57.9 Å². The maximum absolute atomic E-state index is 13.7. The number of alkyl halides is 3. The number of halogens is 3. The van der Waals surface area contributed by atoms with Gasteiger partial charge in [0.25, 0.3) is 5.91 Å². The monoisotopic (exact) mass is 531 g/mol. The van der Waals surface area contributed by atoms with Crippen LogP contribution in [0, 0.1) is 13.8 Å². The Balaban J connectivity index is 1.36. The van der Waals surface area contributed by atoms with Crippen LogP contribution < -0.4 is 5.32 Å².